The van der Waals surface area contributed by atoms with Crippen LogP contribution in [0, 0.1) is 12.3 Å². The molecule has 0 radical (unpaired) electrons. The maximum absolute atomic E-state index is 11.6. The van der Waals surface area contributed by atoms with E-state index in [0.717, 1.165) is 25.7 Å². The minimum absolute atomic E-state index is 0.0216. The Hall–Kier alpha value is -1.01. The van der Waals surface area contributed by atoms with Gasteiger partial charge in [-0.25, -0.2) is 0 Å². The van der Waals surface area contributed by atoms with E-state index in [2.05, 4.69) is 5.92 Å². The van der Waals surface area contributed by atoms with Crippen LogP contribution in [0.3, 0.4) is 0 Å². The number of aliphatic hydroxyl groups is 1. The van der Waals surface area contributed by atoms with Gasteiger partial charge in [0.2, 0.25) is 5.91 Å². The lowest BCUT2D eigenvalue weighted by atomic mass is 10.0. The minimum atomic E-state index is -0.652. The fourth-order valence-corrected chi connectivity index (χ4v) is 2.09. The van der Waals surface area contributed by atoms with Gasteiger partial charge in [-0.2, -0.15) is 0 Å². The normalized spacial score (nSPS) is 18.5. The minimum Gasteiger partial charge on any atom is -0.388 e. The average Bonchev–Trinajstić information content (AvgIpc) is 2.61. The van der Waals surface area contributed by atoms with Crippen LogP contribution in [-0.2, 0) is 4.79 Å². The van der Waals surface area contributed by atoms with Gasteiger partial charge in [0.25, 0.3) is 0 Å². The molecule has 1 aliphatic carbocycles. The monoisotopic (exact) mass is 209 g/mol. The van der Waals surface area contributed by atoms with Crippen LogP contribution in [-0.4, -0.2) is 35.1 Å². The first-order valence-electron chi connectivity index (χ1n) is 5.47. The van der Waals surface area contributed by atoms with Crippen LogP contribution >= 0.6 is 0 Å². The Labute approximate surface area is 91.5 Å². The number of terminal acetylenes is 1. The van der Waals surface area contributed by atoms with E-state index < -0.39 is 5.60 Å². The molecule has 0 atom stereocenters. The van der Waals surface area contributed by atoms with E-state index in [1.54, 1.807) is 11.9 Å². The lowest BCUT2D eigenvalue weighted by Crippen LogP contribution is -2.41. The second-order valence-electron chi connectivity index (χ2n) is 4.39. The Morgan fingerprint density at radius 3 is 2.67 bits per heavy atom. The summed E-state index contributed by atoms with van der Waals surface area (Å²) in [6, 6.07) is 0. The molecule has 3 heteroatoms. The average molecular weight is 209 g/mol. The highest BCUT2D eigenvalue weighted by molar-refractivity contribution is 5.76. The molecule has 1 rings (SSSR count). The van der Waals surface area contributed by atoms with Gasteiger partial charge >= 0.3 is 0 Å². The largest absolute Gasteiger partial charge is 0.388 e. The van der Waals surface area contributed by atoms with Crippen molar-refractivity contribution in [3.8, 4) is 12.3 Å². The zero-order valence-corrected chi connectivity index (χ0v) is 9.33. The molecule has 84 valence electrons. The van der Waals surface area contributed by atoms with Gasteiger partial charge in [-0.05, 0) is 12.8 Å². The van der Waals surface area contributed by atoms with Crippen LogP contribution in [0.5, 0.6) is 0 Å². The molecule has 0 bridgehead atoms. The molecular formula is C12H19NO2. The fraction of sp³-hybridized carbons (Fsp3) is 0.750. The smallest absolute Gasteiger partial charge is 0.223 e. The molecule has 0 aliphatic heterocycles. The van der Waals surface area contributed by atoms with Gasteiger partial charge in [-0.15, -0.1) is 12.3 Å². The fourth-order valence-electron chi connectivity index (χ4n) is 2.09. The summed E-state index contributed by atoms with van der Waals surface area (Å²) in [5.41, 5.74) is -0.652. The van der Waals surface area contributed by atoms with Gasteiger partial charge < -0.3 is 10.0 Å². The molecule has 0 heterocycles. The van der Waals surface area contributed by atoms with Gasteiger partial charge in [-0.3, -0.25) is 4.79 Å². The molecule has 0 aromatic rings. The number of rotatable bonds is 4. The number of nitrogens with zero attached hydrogens (tertiary/aromatic N) is 1. The number of hydrogen-bond donors (Lipinski definition) is 1. The molecular weight excluding hydrogens is 190 g/mol. The van der Waals surface area contributed by atoms with Crippen molar-refractivity contribution >= 4 is 5.91 Å². The Morgan fingerprint density at radius 1 is 1.53 bits per heavy atom. The molecule has 3 nitrogen and oxygen atoms in total. The molecule has 1 fully saturated rings. The van der Waals surface area contributed by atoms with E-state index in [4.69, 9.17) is 6.42 Å². The van der Waals surface area contributed by atoms with Crippen LogP contribution in [0.15, 0.2) is 0 Å². The van der Waals surface area contributed by atoms with Crippen molar-refractivity contribution in [2.45, 2.75) is 44.1 Å². The molecule has 1 saturated carbocycles. The quantitative estimate of drug-likeness (QED) is 0.706. The van der Waals surface area contributed by atoms with Crippen LogP contribution < -0.4 is 0 Å². The van der Waals surface area contributed by atoms with Crippen LogP contribution in [0.25, 0.3) is 0 Å². The lowest BCUT2D eigenvalue weighted by Gasteiger charge is -2.28. The van der Waals surface area contributed by atoms with E-state index in [-0.39, 0.29) is 5.91 Å². The van der Waals surface area contributed by atoms with E-state index in [0.29, 0.717) is 19.4 Å². The predicted octanol–water partition coefficient (Wildman–Crippen LogP) is 1.16. The zero-order chi connectivity index (χ0) is 11.3. The summed E-state index contributed by atoms with van der Waals surface area (Å²) in [5, 5.41) is 10.1. The number of carbonyl (C=O) groups excluding carboxylic acids is 1. The van der Waals surface area contributed by atoms with Crippen molar-refractivity contribution in [3.05, 3.63) is 0 Å². The molecule has 0 spiro atoms. The summed E-state index contributed by atoms with van der Waals surface area (Å²) in [5.74, 6) is 2.47. The third-order valence-electron chi connectivity index (χ3n) is 2.97. The summed E-state index contributed by atoms with van der Waals surface area (Å²) in [6.45, 7) is 0.441. The molecule has 1 aliphatic rings. The van der Waals surface area contributed by atoms with Crippen molar-refractivity contribution in [2.75, 3.05) is 13.6 Å². The van der Waals surface area contributed by atoms with E-state index in [9.17, 15) is 9.90 Å². The standard InChI is InChI=1S/C12H19NO2/c1-3-4-7-11(14)13(2)10-12(15)8-5-6-9-12/h1,15H,4-10H2,2H3. The zero-order valence-electron chi connectivity index (χ0n) is 9.33. The van der Waals surface area contributed by atoms with Crippen molar-refractivity contribution < 1.29 is 9.90 Å². The van der Waals surface area contributed by atoms with Gasteiger partial charge in [-0.1, -0.05) is 12.8 Å². The third-order valence-corrected chi connectivity index (χ3v) is 2.97. The summed E-state index contributed by atoms with van der Waals surface area (Å²) in [6.07, 6.45) is 9.68. The maximum Gasteiger partial charge on any atom is 0.223 e. The summed E-state index contributed by atoms with van der Waals surface area (Å²) in [7, 11) is 1.73. The Kier molecular flexibility index (Phi) is 4.16. The SMILES string of the molecule is C#CCCC(=O)N(C)CC1(O)CCCC1. The van der Waals surface area contributed by atoms with Crippen LogP contribution in [0.2, 0.25) is 0 Å². The van der Waals surface area contributed by atoms with Gasteiger partial charge in [0.05, 0.1) is 5.60 Å². The van der Waals surface area contributed by atoms with Gasteiger partial charge in [0.1, 0.15) is 0 Å². The first-order chi connectivity index (χ1) is 7.07. The molecule has 0 aromatic carbocycles. The van der Waals surface area contributed by atoms with Crippen molar-refractivity contribution in [3.63, 3.8) is 0 Å². The molecule has 0 saturated heterocycles. The molecule has 0 aromatic heterocycles. The number of hydrogen-bond acceptors (Lipinski definition) is 2. The number of likely N-dealkylation sites (N-methyl/N-ethyl adjacent to an activating group) is 1. The van der Waals surface area contributed by atoms with E-state index in [1.165, 1.54) is 0 Å². The van der Waals surface area contributed by atoms with Crippen molar-refractivity contribution in [2.24, 2.45) is 0 Å². The maximum atomic E-state index is 11.6. The summed E-state index contributed by atoms with van der Waals surface area (Å²) >= 11 is 0. The first kappa shape index (κ1) is 12.1. The lowest BCUT2D eigenvalue weighted by molar-refractivity contribution is -0.133. The highest BCUT2D eigenvalue weighted by Crippen LogP contribution is 2.29. The Bertz CT molecular complexity index is 261. The Balaban J connectivity index is 2.37. The molecule has 1 amide bonds. The Morgan fingerprint density at radius 2 is 2.13 bits per heavy atom. The van der Waals surface area contributed by atoms with Crippen LogP contribution in [0.4, 0.5) is 0 Å². The van der Waals surface area contributed by atoms with E-state index >= 15 is 0 Å². The van der Waals surface area contributed by atoms with Gasteiger partial charge in [0.15, 0.2) is 0 Å². The third kappa shape index (κ3) is 3.56. The second-order valence-corrected chi connectivity index (χ2v) is 4.39. The highest BCUT2D eigenvalue weighted by Gasteiger charge is 2.33. The van der Waals surface area contributed by atoms with Crippen molar-refractivity contribution in [1.82, 2.24) is 4.90 Å². The molecule has 1 N–H and O–H groups in total. The number of carbonyl (C=O) groups is 1. The highest BCUT2D eigenvalue weighted by atomic mass is 16.3. The molecule has 15 heavy (non-hydrogen) atoms. The van der Waals surface area contributed by atoms with Crippen LogP contribution in [0.1, 0.15) is 38.5 Å². The number of amides is 1. The summed E-state index contributed by atoms with van der Waals surface area (Å²) in [4.78, 5) is 13.2. The van der Waals surface area contributed by atoms with Crippen molar-refractivity contribution in [1.29, 1.82) is 0 Å². The summed E-state index contributed by atoms with van der Waals surface area (Å²) < 4.78 is 0. The van der Waals surface area contributed by atoms with Gasteiger partial charge in [0, 0.05) is 26.4 Å². The predicted molar refractivity (Wildman–Crippen MR) is 59.1 cm³/mol. The van der Waals surface area contributed by atoms with E-state index in [1.807, 2.05) is 0 Å². The second kappa shape index (κ2) is 5.18. The first-order valence-corrected chi connectivity index (χ1v) is 5.47. The molecule has 0 unspecified atom stereocenters. The topological polar surface area (TPSA) is 40.5 Å².